The Balaban J connectivity index is 1.40. The molecule has 5 amide bonds. The number of unbranched alkanes of at least 4 members (excludes halogenated alkanes) is 1. The van der Waals surface area contributed by atoms with Gasteiger partial charge in [0, 0.05) is 121 Å². The first-order valence-corrected chi connectivity index (χ1v) is 24.3. The van der Waals surface area contributed by atoms with Crippen molar-refractivity contribution in [2.75, 3.05) is 91.6 Å². The lowest BCUT2D eigenvalue weighted by atomic mass is 10.1. The lowest BCUT2D eigenvalue weighted by Gasteiger charge is -2.32. The number of aromatic nitrogens is 5. The van der Waals surface area contributed by atoms with Gasteiger partial charge in [-0.15, -0.1) is 23.7 Å². The van der Waals surface area contributed by atoms with Crippen LogP contribution in [0.2, 0.25) is 0 Å². The van der Waals surface area contributed by atoms with Crippen molar-refractivity contribution < 1.29 is 50.0 Å². The number of amides is 5. The molecule has 0 saturated heterocycles. The summed E-state index contributed by atoms with van der Waals surface area (Å²) in [5.74, 6) is -3.86. The highest BCUT2D eigenvalue weighted by Gasteiger charge is 2.23. The predicted octanol–water partition coefficient (Wildman–Crippen LogP) is -3.47. The van der Waals surface area contributed by atoms with E-state index in [-0.39, 0.29) is 137 Å². The molecule has 0 radical (unpaired) electrons. The van der Waals surface area contributed by atoms with E-state index in [4.69, 9.17) is 5.73 Å². The average Bonchev–Trinajstić information content (AvgIpc) is 3.40. The second-order valence-electron chi connectivity index (χ2n) is 17.3. The Morgan fingerprint density at radius 3 is 0.987 bits per heavy atom. The summed E-state index contributed by atoms with van der Waals surface area (Å²) in [5, 5.41) is 64.7. The van der Waals surface area contributed by atoms with Crippen LogP contribution in [0.5, 0.6) is 0 Å². The molecule has 5 aromatic heterocycles. The SMILES string of the molecule is NCCCCC(CN(CCNC(=O)c1cccc(=O)n1O)CCN(CCNC(=O)c1cccc(=O)n1O)CCN(CCNC(=O)c1cccc(=O)n1O)CCNC(=O)c1cccc(=O)n1O)NC(=O)c1cccc(=O)n1O. The highest BCUT2D eigenvalue weighted by molar-refractivity contribution is 5.94. The molecule has 0 spiro atoms. The summed E-state index contributed by atoms with van der Waals surface area (Å²) in [6.07, 6.45) is 1.51. The fourth-order valence-electron chi connectivity index (χ4n) is 7.79. The molecular formula is C48H62N14O15. The van der Waals surface area contributed by atoms with Gasteiger partial charge < -0.3 is 58.4 Å². The Kier molecular flexibility index (Phi) is 22.3. The van der Waals surface area contributed by atoms with E-state index < -0.39 is 63.4 Å². The van der Waals surface area contributed by atoms with Crippen molar-refractivity contribution in [2.45, 2.75) is 25.3 Å². The summed E-state index contributed by atoms with van der Waals surface area (Å²) in [5.41, 5.74) is -0.0299. The van der Waals surface area contributed by atoms with E-state index in [1.165, 1.54) is 60.7 Å². The monoisotopic (exact) mass is 1070 g/mol. The molecule has 0 saturated carbocycles. The van der Waals surface area contributed by atoms with Gasteiger partial charge in [-0.25, -0.2) is 0 Å². The maximum Gasteiger partial charge on any atom is 0.283 e. The van der Waals surface area contributed by atoms with E-state index in [2.05, 4.69) is 26.6 Å². The molecule has 0 aromatic carbocycles. The number of nitrogens with two attached hydrogens (primary N) is 1. The van der Waals surface area contributed by atoms with E-state index in [1.807, 2.05) is 14.7 Å². The van der Waals surface area contributed by atoms with Crippen molar-refractivity contribution in [3.05, 3.63) is 171 Å². The number of carbonyl (C=O) groups excluding carboxylic acids is 5. The molecule has 29 heteroatoms. The molecule has 1 atom stereocenters. The average molecular weight is 1080 g/mol. The number of nitrogens with one attached hydrogen (secondary N) is 5. The highest BCUT2D eigenvalue weighted by atomic mass is 16.5. The Bertz CT molecular complexity index is 3080. The maximum atomic E-state index is 13.6. The third-order valence-corrected chi connectivity index (χ3v) is 12.0. The molecular weight excluding hydrogens is 1010 g/mol. The zero-order valence-corrected chi connectivity index (χ0v) is 41.7. The van der Waals surface area contributed by atoms with Crippen LogP contribution < -0.4 is 60.1 Å². The van der Waals surface area contributed by atoms with Crippen LogP contribution >= 0.6 is 0 Å². The van der Waals surface area contributed by atoms with Crippen LogP contribution in [0.25, 0.3) is 0 Å². The first-order chi connectivity index (χ1) is 36.9. The Morgan fingerprint density at radius 2 is 0.675 bits per heavy atom. The van der Waals surface area contributed by atoms with E-state index in [0.717, 1.165) is 30.3 Å². The molecule has 5 heterocycles. The molecule has 0 aliphatic rings. The standard InChI is InChI=1S/C48H62N14O15/c49-19-2-1-8-33(54-48(72)38-13-7-18-43(67)62(38)77)32-57(27-23-53-47(71)37-12-6-17-42(66)61(37)76)31-30-56(26-22-52-46(70)36-11-5-16-41(65)60(36)75)29-28-55(24-20-50-44(68)34-9-3-14-39(63)58(34)73)25-21-51-45(69)35-10-4-15-40(64)59(35)74/h3-7,9-18,33,73-77H,1-2,8,19-32,49H2,(H,50,68)(H,51,69)(H,52,70)(H,53,71)(H,54,72). The molecule has 29 nitrogen and oxygen atoms in total. The van der Waals surface area contributed by atoms with Gasteiger partial charge in [0.05, 0.1) is 0 Å². The molecule has 0 bridgehead atoms. The van der Waals surface area contributed by atoms with Gasteiger partial charge in [-0.1, -0.05) is 36.8 Å². The third-order valence-electron chi connectivity index (χ3n) is 12.0. The Labute approximate surface area is 437 Å². The molecule has 1 unspecified atom stereocenters. The van der Waals surface area contributed by atoms with Crippen LogP contribution in [0.1, 0.15) is 71.7 Å². The van der Waals surface area contributed by atoms with Gasteiger partial charge in [0.2, 0.25) is 0 Å². The topological polar surface area (TPSA) is 392 Å². The lowest BCUT2D eigenvalue weighted by molar-refractivity contribution is 0.0847. The summed E-state index contributed by atoms with van der Waals surface area (Å²) in [6, 6.07) is 17.4. The van der Waals surface area contributed by atoms with Crippen molar-refractivity contribution in [2.24, 2.45) is 5.73 Å². The molecule has 12 N–H and O–H groups in total. The van der Waals surface area contributed by atoms with E-state index in [1.54, 1.807) is 0 Å². The molecule has 0 aliphatic heterocycles. The maximum absolute atomic E-state index is 13.6. The highest BCUT2D eigenvalue weighted by Crippen LogP contribution is 2.08. The fraction of sp³-hybridized carbons (Fsp3) is 0.375. The second-order valence-corrected chi connectivity index (χ2v) is 17.3. The van der Waals surface area contributed by atoms with Crippen molar-refractivity contribution in [1.29, 1.82) is 0 Å². The van der Waals surface area contributed by atoms with E-state index in [0.29, 0.717) is 25.8 Å². The summed E-state index contributed by atoms with van der Waals surface area (Å²) >= 11 is 0. The number of rotatable bonds is 30. The van der Waals surface area contributed by atoms with Gasteiger partial charge in [-0.2, -0.15) is 0 Å². The van der Waals surface area contributed by atoms with Crippen molar-refractivity contribution in [1.82, 2.24) is 64.9 Å². The van der Waals surface area contributed by atoms with Crippen LogP contribution in [-0.2, 0) is 0 Å². The minimum Gasteiger partial charge on any atom is -0.425 e. The number of carbonyl (C=O) groups is 5. The zero-order chi connectivity index (χ0) is 56.0. The van der Waals surface area contributed by atoms with Crippen LogP contribution in [0, 0.1) is 0 Å². The molecule has 0 fully saturated rings. The zero-order valence-electron chi connectivity index (χ0n) is 41.7. The number of hydrogen-bond donors (Lipinski definition) is 11. The second kappa shape index (κ2) is 29.1. The van der Waals surface area contributed by atoms with Crippen LogP contribution in [0.15, 0.2) is 115 Å². The summed E-state index contributed by atoms with van der Waals surface area (Å²) < 4.78 is 1.01. The summed E-state index contributed by atoms with van der Waals surface area (Å²) in [6.45, 7) is 1.59. The van der Waals surface area contributed by atoms with Gasteiger partial charge in [0.25, 0.3) is 57.3 Å². The minimum atomic E-state index is -0.839. The smallest absolute Gasteiger partial charge is 0.283 e. The van der Waals surface area contributed by atoms with Gasteiger partial charge in [-0.05, 0) is 49.7 Å². The minimum absolute atomic E-state index is 0.0394. The van der Waals surface area contributed by atoms with E-state index >= 15 is 0 Å². The third kappa shape index (κ3) is 17.2. The van der Waals surface area contributed by atoms with Gasteiger partial charge in [0.1, 0.15) is 28.5 Å². The lowest BCUT2D eigenvalue weighted by Crippen LogP contribution is -2.50. The predicted molar refractivity (Wildman–Crippen MR) is 272 cm³/mol. The van der Waals surface area contributed by atoms with E-state index in [9.17, 15) is 74.0 Å². The van der Waals surface area contributed by atoms with Crippen LogP contribution in [-0.4, -0.2) is 192 Å². The first kappa shape index (κ1) is 58.8. The van der Waals surface area contributed by atoms with Gasteiger partial charge in [-0.3, -0.25) is 62.6 Å². The summed E-state index contributed by atoms with van der Waals surface area (Å²) in [7, 11) is 0. The first-order valence-electron chi connectivity index (χ1n) is 24.3. The van der Waals surface area contributed by atoms with Crippen molar-refractivity contribution in [3.63, 3.8) is 0 Å². The number of nitrogens with zero attached hydrogens (tertiary/aromatic N) is 8. The Hall–Kier alpha value is -9.06. The molecule has 5 rings (SSSR count). The summed E-state index contributed by atoms with van der Waals surface area (Å²) in [4.78, 5) is 132. The molecule has 0 aliphatic carbocycles. The van der Waals surface area contributed by atoms with Crippen LogP contribution in [0.4, 0.5) is 0 Å². The normalized spacial score (nSPS) is 11.6. The quantitative estimate of drug-likeness (QED) is 0.0157. The largest absolute Gasteiger partial charge is 0.425 e. The fourth-order valence-corrected chi connectivity index (χ4v) is 7.79. The van der Waals surface area contributed by atoms with Gasteiger partial charge in [0.15, 0.2) is 0 Å². The van der Waals surface area contributed by atoms with Crippen molar-refractivity contribution >= 4 is 29.5 Å². The van der Waals surface area contributed by atoms with Crippen LogP contribution in [0.3, 0.4) is 0 Å². The molecule has 77 heavy (non-hydrogen) atoms. The Morgan fingerprint density at radius 1 is 0.403 bits per heavy atom. The van der Waals surface area contributed by atoms with Crippen molar-refractivity contribution in [3.8, 4) is 0 Å². The molecule has 414 valence electrons. The van der Waals surface area contributed by atoms with Gasteiger partial charge >= 0.3 is 0 Å². The number of pyridine rings is 5. The number of hydrogen-bond acceptors (Lipinski definition) is 19. The molecule has 5 aromatic rings.